The van der Waals surface area contributed by atoms with Gasteiger partial charge >= 0.3 is 30.2 Å². The molecular formula is C8H8O9. The summed E-state index contributed by atoms with van der Waals surface area (Å²) in [6.07, 6.45) is -3.95. The second-order valence-corrected chi connectivity index (χ2v) is 3.33. The minimum absolute atomic E-state index is 0.984. The highest BCUT2D eigenvalue weighted by Gasteiger charge is 2.55. The number of hydrogen-bond donors (Lipinski definition) is 3. The Kier molecular flexibility index (Phi) is 3.32. The van der Waals surface area contributed by atoms with E-state index in [0.717, 1.165) is 0 Å². The third-order valence-corrected chi connectivity index (χ3v) is 1.99. The van der Waals surface area contributed by atoms with Crippen LogP contribution in [-0.2, 0) is 28.7 Å². The topological polar surface area (TPSA) is 147 Å². The van der Waals surface area contributed by atoms with Crippen LogP contribution in [0.5, 0.6) is 0 Å². The molecular weight excluding hydrogens is 240 g/mol. The summed E-state index contributed by atoms with van der Waals surface area (Å²) in [5.41, 5.74) is -2.29. The van der Waals surface area contributed by atoms with Gasteiger partial charge in [0.25, 0.3) is 0 Å². The van der Waals surface area contributed by atoms with E-state index in [0.29, 0.717) is 0 Å². The molecule has 1 aliphatic heterocycles. The number of rotatable bonds is 5. The number of carbonyl (C=O) groups is 4. The van der Waals surface area contributed by atoms with E-state index in [1.165, 1.54) is 0 Å². The first kappa shape index (κ1) is 12.9. The minimum atomic E-state index is -2.29. The SMILES string of the molecule is O=C(O)CC1(CC(=O)O)OC(C(=O)O)OC1=O. The zero-order chi connectivity index (χ0) is 13.2. The second-order valence-electron chi connectivity index (χ2n) is 3.33. The van der Waals surface area contributed by atoms with E-state index >= 15 is 0 Å². The molecule has 3 N–H and O–H groups in total. The van der Waals surface area contributed by atoms with Crippen molar-refractivity contribution in [3.63, 3.8) is 0 Å². The van der Waals surface area contributed by atoms with Gasteiger partial charge in [0.05, 0.1) is 12.8 Å². The predicted molar refractivity (Wildman–Crippen MR) is 45.8 cm³/mol. The third-order valence-electron chi connectivity index (χ3n) is 1.99. The number of ether oxygens (including phenoxy) is 2. The largest absolute Gasteiger partial charge is 0.481 e. The maximum atomic E-state index is 11.3. The van der Waals surface area contributed by atoms with E-state index in [1.807, 2.05) is 0 Å². The third kappa shape index (κ3) is 2.69. The quantitative estimate of drug-likeness (QED) is 0.502. The van der Waals surface area contributed by atoms with Crippen LogP contribution in [-0.4, -0.2) is 51.1 Å². The average molecular weight is 248 g/mol. The summed E-state index contributed by atoms with van der Waals surface area (Å²) in [5.74, 6) is -5.96. The van der Waals surface area contributed by atoms with Crippen LogP contribution < -0.4 is 0 Å². The molecule has 0 radical (unpaired) electrons. The fraction of sp³-hybridized carbons (Fsp3) is 0.500. The molecule has 0 aromatic carbocycles. The zero-order valence-electron chi connectivity index (χ0n) is 8.28. The molecule has 0 saturated carbocycles. The molecule has 1 rings (SSSR count). The van der Waals surface area contributed by atoms with Gasteiger partial charge in [-0.15, -0.1) is 0 Å². The molecule has 1 atom stereocenters. The fourth-order valence-electron chi connectivity index (χ4n) is 1.36. The smallest absolute Gasteiger partial charge is 0.374 e. The normalized spacial score (nSPS) is 21.9. The van der Waals surface area contributed by atoms with E-state index in [2.05, 4.69) is 9.47 Å². The lowest BCUT2D eigenvalue weighted by Crippen LogP contribution is -2.41. The number of carbonyl (C=O) groups excluding carboxylic acids is 1. The summed E-state index contributed by atoms with van der Waals surface area (Å²) in [6.45, 7) is 0. The van der Waals surface area contributed by atoms with Gasteiger partial charge in [0, 0.05) is 0 Å². The predicted octanol–water partition coefficient (Wildman–Crippen LogP) is -1.34. The molecule has 1 heterocycles. The number of carboxylic acids is 3. The van der Waals surface area contributed by atoms with E-state index in [-0.39, 0.29) is 0 Å². The van der Waals surface area contributed by atoms with Crippen molar-refractivity contribution in [3.8, 4) is 0 Å². The summed E-state index contributed by atoms with van der Waals surface area (Å²) in [5, 5.41) is 25.7. The van der Waals surface area contributed by atoms with E-state index in [1.54, 1.807) is 0 Å². The molecule has 17 heavy (non-hydrogen) atoms. The van der Waals surface area contributed by atoms with Crippen LogP contribution in [0.1, 0.15) is 12.8 Å². The lowest BCUT2D eigenvalue weighted by atomic mass is 9.96. The first-order chi connectivity index (χ1) is 7.77. The van der Waals surface area contributed by atoms with Gasteiger partial charge in [-0.05, 0) is 0 Å². The van der Waals surface area contributed by atoms with Gasteiger partial charge in [-0.1, -0.05) is 0 Å². The Morgan fingerprint density at radius 1 is 1.12 bits per heavy atom. The van der Waals surface area contributed by atoms with Gasteiger partial charge in [0.1, 0.15) is 0 Å². The monoisotopic (exact) mass is 248 g/mol. The van der Waals surface area contributed by atoms with Gasteiger partial charge in [-0.3, -0.25) is 9.59 Å². The first-order valence-electron chi connectivity index (χ1n) is 4.32. The lowest BCUT2D eigenvalue weighted by Gasteiger charge is -2.19. The maximum Gasteiger partial charge on any atom is 0.374 e. The van der Waals surface area contributed by atoms with Crippen LogP contribution in [0.4, 0.5) is 0 Å². The lowest BCUT2D eigenvalue weighted by molar-refractivity contribution is -0.177. The highest BCUT2D eigenvalue weighted by atomic mass is 16.8. The van der Waals surface area contributed by atoms with Crippen LogP contribution in [0.15, 0.2) is 0 Å². The second kappa shape index (κ2) is 4.37. The minimum Gasteiger partial charge on any atom is -0.481 e. The van der Waals surface area contributed by atoms with Crippen LogP contribution in [0.2, 0.25) is 0 Å². The van der Waals surface area contributed by atoms with Crippen molar-refractivity contribution in [1.29, 1.82) is 0 Å². The van der Waals surface area contributed by atoms with Crippen molar-refractivity contribution in [2.24, 2.45) is 0 Å². The van der Waals surface area contributed by atoms with Crippen molar-refractivity contribution in [1.82, 2.24) is 0 Å². The molecule has 0 bridgehead atoms. The molecule has 9 heteroatoms. The van der Waals surface area contributed by atoms with Gasteiger partial charge in [-0.25, -0.2) is 9.59 Å². The van der Waals surface area contributed by atoms with Gasteiger partial charge in [0.2, 0.25) is 0 Å². The Bertz CT molecular complexity index is 368. The molecule has 0 aromatic heterocycles. The van der Waals surface area contributed by atoms with Gasteiger partial charge < -0.3 is 24.8 Å². The average Bonchev–Trinajstić information content (AvgIpc) is 2.41. The van der Waals surface area contributed by atoms with Crippen LogP contribution in [0.3, 0.4) is 0 Å². The summed E-state index contributed by atoms with van der Waals surface area (Å²) in [4.78, 5) is 42.9. The molecule has 0 aliphatic carbocycles. The Morgan fingerprint density at radius 2 is 1.59 bits per heavy atom. The Morgan fingerprint density at radius 3 is 1.88 bits per heavy atom. The molecule has 1 aliphatic rings. The Labute approximate surface area is 93.5 Å². The summed E-state index contributed by atoms with van der Waals surface area (Å²) in [7, 11) is 0. The van der Waals surface area contributed by atoms with Crippen LogP contribution >= 0.6 is 0 Å². The number of esters is 1. The number of aliphatic carboxylic acids is 3. The van der Waals surface area contributed by atoms with E-state index < -0.39 is 48.6 Å². The molecule has 0 spiro atoms. The maximum absolute atomic E-state index is 11.3. The summed E-state index contributed by atoms with van der Waals surface area (Å²) < 4.78 is 8.86. The van der Waals surface area contributed by atoms with Crippen molar-refractivity contribution in [2.45, 2.75) is 24.7 Å². The van der Waals surface area contributed by atoms with Gasteiger partial charge in [-0.2, -0.15) is 0 Å². The van der Waals surface area contributed by atoms with Crippen LogP contribution in [0.25, 0.3) is 0 Å². The van der Waals surface area contributed by atoms with E-state index in [4.69, 9.17) is 15.3 Å². The van der Waals surface area contributed by atoms with Crippen molar-refractivity contribution in [2.75, 3.05) is 0 Å². The number of cyclic esters (lactones) is 1. The standard InChI is InChI=1S/C8H8O9/c9-3(10)1-8(2-4(11)12)7(15)16-6(17-8)5(13)14/h6H,1-2H2,(H,9,10)(H,11,12)(H,13,14). The zero-order valence-corrected chi connectivity index (χ0v) is 8.28. The Balaban J connectivity index is 2.98. The molecule has 1 fully saturated rings. The molecule has 0 aromatic rings. The summed E-state index contributed by atoms with van der Waals surface area (Å²) in [6, 6.07) is 0. The molecule has 94 valence electrons. The number of carboxylic acid groups (broad SMARTS) is 3. The first-order valence-corrected chi connectivity index (χ1v) is 4.32. The van der Waals surface area contributed by atoms with Crippen molar-refractivity contribution < 1.29 is 44.0 Å². The van der Waals surface area contributed by atoms with Crippen molar-refractivity contribution in [3.05, 3.63) is 0 Å². The Hall–Kier alpha value is -2.16. The van der Waals surface area contributed by atoms with E-state index in [9.17, 15) is 19.2 Å². The highest BCUT2D eigenvalue weighted by Crippen LogP contribution is 2.31. The summed E-state index contributed by atoms with van der Waals surface area (Å²) >= 11 is 0. The highest BCUT2D eigenvalue weighted by molar-refractivity contribution is 5.92. The molecule has 1 unspecified atom stereocenters. The molecule has 9 nitrogen and oxygen atoms in total. The molecule has 1 saturated heterocycles. The van der Waals surface area contributed by atoms with Crippen molar-refractivity contribution >= 4 is 23.9 Å². The number of hydrogen-bond acceptors (Lipinski definition) is 6. The van der Waals surface area contributed by atoms with Crippen LogP contribution in [0, 0.1) is 0 Å². The molecule has 0 amide bonds. The van der Waals surface area contributed by atoms with Gasteiger partial charge in [0.15, 0.2) is 5.60 Å². The fourth-order valence-corrected chi connectivity index (χ4v) is 1.36.